The normalized spacial score (nSPS) is 10.6. The summed E-state index contributed by atoms with van der Waals surface area (Å²) in [5, 5.41) is 2.74. The summed E-state index contributed by atoms with van der Waals surface area (Å²) < 4.78 is 15.7. The molecule has 0 atom stereocenters. The number of furan rings is 1. The lowest BCUT2D eigenvalue weighted by Crippen LogP contribution is -2.29. The number of ether oxygens (including phenoxy) is 2. The predicted molar refractivity (Wildman–Crippen MR) is 99.7 cm³/mol. The number of aromatic nitrogens is 1. The molecule has 7 nitrogen and oxygen atoms in total. The number of carbonyl (C=O) groups is 1. The van der Waals surface area contributed by atoms with Crippen LogP contribution in [0, 0.1) is 0 Å². The summed E-state index contributed by atoms with van der Waals surface area (Å²) in [6.07, 6.45) is 1.52. The number of hydrogen-bond acceptors (Lipinski definition) is 5. The molecule has 0 spiro atoms. The Kier molecular flexibility index (Phi) is 6.06. The zero-order valence-corrected chi connectivity index (χ0v) is 14.9. The average Bonchev–Trinajstić information content (AvgIpc) is 3.21. The minimum absolute atomic E-state index is 0.0396. The summed E-state index contributed by atoms with van der Waals surface area (Å²) in [6.45, 7) is 1.22. The second kappa shape index (κ2) is 8.86. The van der Waals surface area contributed by atoms with Crippen molar-refractivity contribution >= 4 is 5.91 Å². The summed E-state index contributed by atoms with van der Waals surface area (Å²) in [4.78, 5) is 27.2. The molecule has 27 heavy (non-hydrogen) atoms. The highest BCUT2D eigenvalue weighted by Gasteiger charge is 2.12. The van der Waals surface area contributed by atoms with Crippen LogP contribution in [0.15, 0.2) is 64.0 Å². The van der Waals surface area contributed by atoms with Crippen LogP contribution in [0.2, 0.25) is 0 Å². The van der Waals surface area contributed by atoms with Gasteiger partial charge in [0.2, 0.25) is 0 Å². The number of hydrogen-bond donors (Lipinski definition) is 2. The third kappa shape index (κ3) is 4.86. The molecule has 2 heterocycles. The van der Waals surface area contributed by atoms with Crippen molar-refractivity contribution in [2.75, 3.05) is 20.3 Å². The Hall–Kier alpha value is -3.32. The highest BCUT2D eigenvalue weighted by atomic mass is 16.5. The standard InChI is InChI=1S/C20H20N2O5/c1-25-10-11-26-15-5-2-4-14(12-15)13-21-19(23)16-7-8-17(22-20(16)24)18-6-3-9-27-18/h2-9,12H,10-11,13H2,1H3,(H,21,23)(H,22,24). The zero-order chi connectivity index (χ0) is 19.1. The van der Waals surface area contributed by atoms with E-state index in [1.807, 2.05) is 24.3 Å². The van der Waals surface area contributed by atoms with Gasteiger partial charge in [0.1, 0.15) is 23.7 Å². The van der Waals surface area contributed by atoms with Gasteiger partial charge in [-0.2, -0.15) is 0 Å². The third-order valence-corrected chi connectivity index (χ3v) is 3.85. The Labute approximate surface area is 155 Å². The maximum absolute atomic E-state index is 12.3. The van der Waals surface area contributed by atoms with E-state index in [2.05, 4.69) is 10.3 Å². The van der Waals surface area contributed by atoms with Gasteiger partial charge in [0.25, 0.3) is 11.5 Å². The molecular weight excluding hydrogens is 348 g/mol. The first-order chi connectivity index (χ1) is 13.2. The van der Waals surface area contributed by atoms with Gasteiger partial charge in [-0.3, -0.25) is 9.59 Å². The summed E-state index contributed by atoms with van der Waals surface area (Å²) >= 11 is 0. The van der Waals surface area contributed by atoms with Crippen LogP contribution in [0.25, 0.3) is 11.5 Å². The van der Waals surface area contributed by atoms with Crippen LogP contribution in [0.5, 0.6) is 5.75 Å². The first-order valence-electron chi connectivity index (χ1n) is 8.43. The molecule has 0 bridgehead atoms. The van der Waals surface area contributed by atoms with Gasteiger partial charge in [0.05, 0.1) is 18.6 Å². The van der Waals surface area contributed by atoms with Crippen molar-refractivity contribution in [2.24, 2.45) is 0 Å². The van der Waals surface area contributed by atoms with Crippen LogP contribution in [-0.4, -0.2) is 31.2 Å². The first-order valence-corrected chi connectivity index (χ1v) is 8.43. The molecule has 1 aromatic carbocycles. The number of nitrogens with one attached hydrogen (secondary N) is 2. The highest BCUT2D eigenvalue weighted by Crippen LogP contribution is 2.16. The van der Waals surface area contributed by atoms with Crippen molar-refractivity contribution in [1.82, 2.24) is 10.3 Å². The molecule has 2 N–H and O–H groups in total. The van der Waals surface area contributed by atoms with E-state index in [1.165, 1.54) is 12.3 Å². The van der Waals surface area contributed by atoms with Crippen molar-refractivity contribution in [2.45, 2.75) is 6.54 Å². The molecule has 0 aliphatic carbocycles. The highest BCUT2D eigenvalue weighted by molar-refractivity contribution is 5.94. The topological polar surface area (TPSA) is 93.6 Å². The Morgan fingerprint density at radius 1 is 1.15 bits per heavy atom. The minimum atomic E-state index is -0.474. The van der Waals surface area contributed by atoms with E-state index >= 15 is 0 Å². The Balaban J connectivity index is 1.62. The number of carbonyl (C=O) groups excluding carboxylic acids is 1. The van der Waals surface area contributed by atoms with Crippen LogP contribution in [0.4, 0.5) is 0 Å². The quantitative estimate of drug-likeness (QED) is 0.596. The molecule has 140 valence electrons. The summed E-state index contributed by atoms with van der Waals surface area (Å²) in [6, 6.07) is 13.9. The van der Waals surface area contributed by atoms with Crippen molar-refractivity contribution in [3.8, 4) is 17.2 Å². The number of pyridine rings is 1. The molecule has 0 unspecified atom stereocenters. The Morgan fingerprint density at radius 3 is 2.78 bits per heavy atom. The Morgan fingerprint density at radius 2 is 2.04 bits per heavy atom. The minimum Gasteiger partial charge on any atom is -0.491 e. The van der Waals surface area contributed by atoms with E-state index in [4.69, 9.17) is 13.9 Å². The molecule has 0 radical (unpaired) electrons. The van der Waals surface area contributed by atoms with Crippen molar-refractivity contribution in [1.29, 1.82) is 0 Å². The van der Waals surface area contributed by atoms with E-state index in [0.29, 0.717) is 30.4 Å². The van der Waals surface area contributed by atoms with Gasteiger partial charge < -0.3 is 24.2 Å². The lowest BCUT2D eigenvalue weighted by atomic mass is 10.2. The second-order valence-electron chi connectivity index (χ2n) is 5.76. The summed E-state index contributed by atoms with van der Waals surface area (Å²) in [7, 11) is 1.61. The van der Waals surface area contributed by atoms with E-state index in [0.717, 1.165) is 5.56 Å². The molecule has 0 aliphatic heterocycles. The third-order valence-electron chi connectivity index (χ3n) is 3.85. The van der Waals surface area contributed by atoms with Gasteiger partial charge in [-0.05, 0) is 42.0 Å². The molecule has 3 aromatic rings. The maximum atomic E-state index is 12.3. The van der Waals surface area contributed by atoms with Crippen molar-refractivity contribution in [3.05, 3.63) is 76.3 Å². The van der Waals surface area contributed by atoms with Crippen LogP contribution in [-0.2, 0) is 11.3 Å². The molecule has 7 heteroatoms. The Bertz CT molecular complexity index is 947. The zero-order valence-electron chi connectivity index (χ0n) is 14.9. The molecule has 1 amide bonds. The lowest BCUT2D eigenvalue weighted by molar-refractivity contribution is 0.0949. The maximum Gasteiger partial charge on any atom is 0.261 e. The van der Waals surface area contributed by atoms with Crippen molar-refractivity contribution in [3.63, 3.8) is 0 Å². The number of benzene rings is 1. The van der Waals surface area contributed by atoms with E-state index in [9.17, 15) is 9.59 Å². The number of methoxy groups -OCH3 is 1. The van der Waals surface area contributed by atoms with E-state index in [-0.39, 0.29) is 12.1 Å². The molecule has 3 rings (SSSR count). The molecular formula is C20H20N2O5. The fourth-order valence-electron chi connectivity index (χ4n) is 2.49. The number of amides is 1. The number of rotatable bonds is 8. The SMILES string of the molecule is COCCOc1cccc(CNC(=O)c2ccc(-c3ccco3)[nH]c2=O)c1. The lowest BCUT2D eigenvalue weighted by Gasteiger charge is -2.09. The number of H-pyrrole nitrogens is 1. The van der Waals surface area contributed by atoms with Crippen LogP contribution >= 0.6 is 0 Å². The smallest absolute Gasteiger partial charge is 0.261 e. The fourth-order valence-corrected chi connectivity index (χ4v) is 2.49. The fraction of sp³-hybridized carbons (Fsp3) is 0.200. The summed E-state index contributed by atoms with van der Waals surface area (Å²) in [5.74, 6) is 0.775. The van der Waals surface area contributed by atoms with Crippen LogP contribution in [0.3, 0.4) is 0 Å². The van der Waals surface area contributed by atoms with Gasteiger partial charge >= 0.3 is 0 Å². The molecule has 0 saturated carbocycles. The van der Waals surface area contributed by atoms with Gasteiger partial charge in [-0.15, -0.1) is 0 Å². The molecule has 2 aromatic heterocycles. The van der Waals surface area contributed by atoms with E-state index < -0.39 is 11.5 Å². The first kappa shape index (κ1) is 18.5. The second-order valence-corrected chi connectivity index (χ2v) is 5.76. The van der Waals surface area contributed by atoms with Gasteiger partial charge in [-0.1, -0.05) is 12.1 Å². The average molecular weight is 368 g/mol. The van der Waals surface area contributed by atoms with E-state index in [1.54, 1.807) is 25.3 Å². The van der Waals surface area contributed by atoms with Crippen LogP contribution in [0.1, 0.15) is 15.9 Å². The van der Waals surface area contributed by atoms with Gasteiger partial charge in [-0.25, -0.2) is 0 Å². The molecule has 0 saturated heterocycles. The van der Waals surface area contributed by atoms with Crippen molar-refractivity contribution < 1.29 is 18.7 Å². The number of aromatic amines is 1. The largest absolute Gasteiger partial charge is 0.491 e. The monoisotopic (exact) mass is 368 g/mol. The van der Waals surface area contributed by atoms with Gasteiger partial charge in [0, 0.05) is 13.7 Å². The van der Waals surface area contributed by atoms with Gasteiger partial charge in [0.15, 0.2) is 0 Å². The predicted octanol–water partition coefficient (Wildman–Crippen LogP) is 2.59. The molecule has 0 aliphatic rings. The van der Waals surface area contributed by atoms with Crippen LogP contribution < -0.4 is 15.6 Å². The molecule has 0 fully saturated rings. The summed E-state index contributed by atoms with van der Waals surface area (Å²) in [5.41, 5.74) is 0.945.